The number of allylic oxidation sites excluding steroid dienone is 2. The van der Waals surface area contributed by atoms with Gasteiger partial charge in [-0.15, -0.1) is 0 Å². The van der Waals surface area contributed by atoms with Gasteiger partial charge in [-0.3, -0.25) is 13.8 Å². The molecular weight excluding hydrogens is 673 g/mol. The molecule has 2 unspecified atom stereocenters. The van der Waals surface area contributed by atoms with Gasteiger partial charge in [-0.2, -0.15) is 0 Å². The van der Waals surface area contributed by atoms with Gasteiger partial charge in [0, 0.05) is 19.6 Å². The van der Waals surface area contributed by atoms with Gasteiger partial charge in [0.1, 0.15) is 6.10 Å². The highest BCUT2D eigenvalue weighted by atomic mass is 31.2. The molecule has 9 heteroatoms. The maximum atomic E-state index is 12.5. The Morgan fingerprint density at radius 2 is 1.00 bits per heavy atom. The molecule has 52 heavy (non-hydrogen) atoms. The van der Waals surface area contributed by atoms with E-state index < -0.39 is 13.9 Å². The highest BCUT2D eigenvalue weighted by Crippen LogP contribution is 2.43. The van der Waals surface area contributed by atoms with Gasteiger partial charge >= 0.3 is 13.8 Å². The number of carbonyl (C=O) groups is 1. The molecule has 0 saturated heterocycles. The third-order valence-electron chi connectivity index (χ3n) is 9.66. The van der Waals surface area contributed by atoms with E-state index in [1.807, 2.05) is 0 Å². The van der Waals surface area contributed by atoms with E-state index >= 15 is 0 Å². The summed E-state index contributed by atoms with van der Waals surface area (Å²) in [7, 11) is -4.27. The van der Waals surface area contributed by atoms with E-state index in [1.54, 1.807) is 0 Å². The quantitative estimate of drug-likeness (QED) is 0.0273. The average molecular weight is 760 g/mol. The Labute approximate surface area is 322 Å². The lowest BCUT2D eigenvalue weighted by atomic mass is 10.0. The number of nitrogens with two attached hydrogens (primary N) is 1. The summed E-state index contributed by atoms with van der Waals surface area (Å²) in [6.45, 7) is 4.89. The summed E-state index contributed by atoms with van der Waals surface area (Å²) >= 11 is 0. The zero-order valence-electron chi connectivity index (χ0n) is 34.3. The first-order valence-corrected chi connectivity index (χ1v) is 23.7. The Morgan fingerprint density at radius 3 is 1.48 bits per heavy atom. The zero-order chi connectivity index (χ0) is 38.1. The zero-order valence-corrected chi connectivity index (χ0v) is 35.2. The molecule has 0 saturated carbocycles. The minimum Gasteiger partial charge on any atom is -0.457 e. The van der Waals surface area contributed by atoms with Crippen LogP contribution in [0.5, 0.6) is 0 Å². The third-order valence-corrected chi connectivity index (χ3v) is 10.6. The fourth-order valence-electron chi connectivity index (χ4n) is 6.41. The molecule has 2 atom stereocenters. The van der Waals surface area contributed by atoms with Crippen LogP contribution in [0, 0.1) is 0 Å². The van der Waals surface area contributed by atoms with Crippen LogP contribution in [-0.4, -0.2) is 49.9 Å². The van der Waals surface area contributed by atoms with Crippen molar-refractivity contribution in [3.8, 4) is 0 Å². The van der Waals surface area contributed by atoms with Crippen LogP contribution < -0.4 is 5.73 Å². The Balaban J connectivity index is 3.85. The van der Waals surface area contributed by atoms with Gasteiger partial charge in [0.05, 0.1) is 19.8 Å². The molecular formula is C43H86NO7P. The molecule has 0 rings (SSSR count). The maximum Gasteiger partial charge on any atom is 0.472 e. The van der Waals surface area contributed by atoms with Crippen molar-refractivity contribution in [2.75, 3.05) is 33.0 Å². The highest BCUT2D eigenvalue weighted by molar-refractivity contribution is 7.47. The molecule has 0 radical (unpaired) electrons. The van der Waals surface area contributed by atoms with Crippen LogP contribution in [-0.2, 0) is 27.9 Å². The molecule has 0 bridgehead atoms. The van der Waals surface area contributed by atoms with Crippen molar-refractivity contribution in [3.05, 3.63) is 12.2 Å². The first-order chi connectivity index (χ1) is 25.4. The number of phosphoric ester groups is 1. The summed E-state index contributed by atoms with van der Waals surface area (Å²) < 4.78 is 33.4. The fourth-order valence-corrected chi connectivity index (χ4v) is 7.18. The van der Waals surface area contributed by atoms with Gasteiger partial charge < -0.3 is 20.1 Å². The molecule has 0 heterocycles. The maximum absolute atomic E-state index is 12.5. The van der Waals surface area contributed by atoms with E-state index in [0.29, 0.717) is 13.0 Å². The number of rotatable bonds is 43. The van der Waals surface area contributed by atoms with Gasteiger partial charge in [-0.05, 0) is 32.1 Å². The number of hydrogen-bond acceptors (Lipinski definition) is 7. The highest BCUT2D eigenvalue weighted by Gasteiger charge is 2.25. The van der Waals surface area contributed by atoms with E-state index in [1.165, 1.54) is 148 Å². The monoisotopic (exact) mass is 760 g/mol. The number of unbranched alkanes of at least 4 members (excludes halogenated alkanes) is 28. The molecule has 0 aliphatic rings. The van der Waals surface area contributed by atoms with Gasteiger partial charge in [0.2, 0.25) is 0 Å². The SMILES string of the molecule is CCC/C=C\CCCCCCCC(=O)OC(COCCCCCCCCCCCCCCCCCCCCCCCCC)COP(=O)(O)OCCN. The van der Waals surface area contributed by atoms with Gasteiger partial charge in [-0.1, -0.05) is 193 Å². The van der Waals surface area contributed by atoms with Gasteiger partial charge in [-0.25, -0.2) is 4.57 Å². The molecule has 0 aromatic rings. The molecule has 310 valence electrons. The summed E-state index contributed by atoms with van der Waals surface area (Å²) in [5, 5.41) is 0. The Hall–Kier alpha value is -0.760. The molecule has 8 nitrogen and oxygen atoms in total. The van der Waals surface area contributed by atoms with Crippen molar-refractivity contribution in [2.24, 2.45) is 5.73 Å². The standard InChI is InChI=1S/C43H86NO7P/c1-3-5-7-9-11-13-15-16-17-18-19-20-21-22-23-24-25-26-27-29-31-33-35-38-48-40-42(41-50-52(46,47)49-39-37-44)51-43(45)36-34-32-30-28-14-12-10-8-6-4-2/h8,10,42H,3-7,9,11-41,44H2,1-2H3,(H,46,47)/b10-8-. The molecule has 0 aliphatic carbocycles. The fraction of sp³-hybridized carbons (Fsp3) is 0.930. The van der Waals surface area contributed by atoms with Gasteiger partial charge in [0.15, 0.2) is 0 Å². The number of phosphoric acid groups is 1. The molecule has 3 N–H and O–H groups in total. The Bertz CT molecular complexity index is 812. The Morgan fingerprint density at radius 1 is 0.558 bits per heavy atom. The second-order valence-electron chi connectivity index (χ2n) is 14.9. The van der Waals surface area contributed by atoms with Crippen LogP contribution >= 0.6 is 7.82 Å². The topological polar surface area (TPSA) is 117 Å². The third kappa shape index (κ3) is 40.4. The second-order valence-corrected chi connectivity index (χ2v) is 16.4. The molecule has 0 fully saturated rings. The predicted molar refractivity (Wildman–Crippen MR) is 220 cm³/mol. The number of carbonyl (C=O) groups excluding carboxylic acids is 1. The van der Waals surface area contributed by atoms with Crippen LogP contribution in [0.3, 0.4) is 0 Å². The van der Waals surface area contributed by atoms with E-state index in [4.69, 9.17) is 24.3 Å². The van der Waals surface area contributed by atoms with Crippen LogP contribution in [0.15, 0.2) is 12.2 Å². The summed E-state index contributed by atoms with van der Waals surface area (Å²) in [6, 6.07) is 0. The minimum atomic E-state index is -4.27. The van der Waals surface area contributed by atoms with Crippen LogP contribution in [0.2, 0.25) is 0 Å². The second kappa shape index (κ2) is 41.4. The predicted octanol–water partition coefficient (Wildman–Crippen LogP) is 13.1. The summed E-state index contributed by atoms with van der Waals surface area (Å²) in [6.07, 6.45) is 43.9. The lowest BCUT2D eigenvalue weighted by Gasteiger charge is -2.20. The average Bonchev–Trinajstić information content (AvgIpc) is 3.13. The summed E-state index contributed by atoms with van der Waals surface area (Å²) in [5.41, 5.74) is 5.36. The first kappa shape index (κ1) is 51.2. The van der Waals surface area contributed by atoms with Crippen molar-refractivity contribution in [3.63, 3.8) is 0 Å². The van der Waals surface area contributed by atoms with Crippen LogP contribution in [0.1, 0.15) is 219 Å². The molecule has 0 amide bonds. The van der Waals surface area contributed by atoms with Crippen molar-refractivity contribution >= 4 is 13.8 Å². The number of esters is 1. The van der Waals surface area contributed by atoms with Crippen LogP contribution in [0.25, 0.3) is 0 Å². The van der Waals surface area contributed by atoms with Crippen molar-refractivity contribution in [1.29, 1.82) is 0 Å². The lowest BCUT2D eigenvalue weighted by molar-refractivity contribution is -0.154. The largest absolute Gasteiger partial charge is 0.472 e. The molecule has 0 aromatic heterocycles. The number of ether oxygens (including phenoxy) is 2. The lowest BCUT2D eigenvalue weighted by Crippen LogP contribution is -2.28. The first-order valence-electron chi connectivity index (χ1n) is 22.2. The van der Waals surface area contributed by atoms with E-state index in [-0.39, 0.29) is 32.3 Å². The van der Waals surface area contributed by atoms with E-state index in [0.717, 1.165) is 51.4 Å². The van der Waals surface area contributed by atoms with Gasteiger partial charge in [0.25, 0.3) is 0 Å². The Kier molecular flexibility index (Phi) is 40.8. The summed E-state index contributed by atoms with van der Waals surface area (Å²) in [4.78, 5) is 22.4. The van der Waals surface area contributed by atoms with Crippen molar-refractivity contribution in [1.82, 2.24) is 0 Å². The molecule has 0 aromatic carbocycles. The van der Waals surface area contributed by atoms with Crippen molar-refractivity contribution in [2.45, 2.75) is 225 Å². The molecule has 0 aliphatic heterocycles. The number of hydrogen-bond donors (Lipinski definition) is 2. The summed E-state index contributed by atoms with van der Waals surface area (Å²) in [5.74, 6) is -0.338. The smallest absolute Gasteiger partial charge is 0.457 e. The normalized spacial score (nSPS) is 13.5. The molecule has 0 spiro atoms. The van der Waals surface area contributed by atoms with E-state index in [9.17, 15) is 14.3 Å². The minimum absolute atomic E-state index is 0.0940. The van der Waals surface area contributed by atoms with Crippen molar-refractivity contribution < 1.29 is 32.8 Å². The van der Waals surface area contributed by atoms with E-state index in [2.05, 4.69) is 26.0 Å². The van der Waals surface area contributed by atoms with Crippen LogP contribution in [0.4, 0.5) is 0 Å².